The van der Waals surface area contributed by atoms with Crippen molar-refractivity contribution < 1.29 is 14.3 Å². The van der Waals surface area contributed by atoms with Crippen molar-refractivity contribution >= 4 is 12.2 Å². The van der Waals surface area contributed by atoms with E-state index in [1.54, 1.807) is 0 Å². The molecule has 2 amide bonds. The van der Waals surface area contributed by atoms with Gasteiger partial charge in [0.15, 0.2) is 0 Å². The Morgan fingerprint density at radius 3 is 1.55 bits per heavy atom. The minimum Gasteiger partial charge on any atom is -0.359 e. The quantitative estimate of drug-likeness (QED) is 0.362. The van der Waals surface area contributed by atoms with Crippen molar-refractivity contribution in [1.29, 1.82) is 0 Å². The molecular weight excluding hydrogens is 148 g/mol. The van der Waals surface area contributed by atoms with Crippen LogP contribution in [0.5, 0.6) is 0 Å². The zero-order valence-electron chi connectivity index (χ0n) is 5.95. The van der Waals surface area contributed by atoms with Gasteiger partial charge in [-0.2, -0.15) is 0 Å². The maximum atomic E-state index is 10.8. The third kappa shape index (κ3) is 1.42. The van der Waals surface area contributed by atoms with Crippen LogP contribution in [-0.4, -0.2) is 48.2 Å². The van der Waals surface area contributed by atoms with Crippen LogP contribution in [0.3, 0.4) is 0 Å². The summed E-state index contributed by atoms with van der Waals surface area (Å²) in [6, 6.07) is 0. The van der Waals surface area contributed by atoms with Gasteiger partial charge in [-0.15, -0.1) is 0 Å². The lowest BCUT2D eigenvalue weighted by Crippen LogP contribution is -2.21. The van der Waals surface area contributed by atoms with E-state index in [9.17, 15) is 9.59 Å². The maximum Gasteiger partial charge on any atom is 0.418 e. The molecular formula is C6H8N2O3. The Labute approximate surface area is 63.5 Å². The van der Waals surface area contributed by atoms with Crippen LogP contribution in [0.15, 0.2) is 0 Å². The zero-order valence-corrected chi connectivity index (χ0v) is 5.95. The lowest BCUT2D eigenvalue weighted by atomic mass is 11.0. The Morgan fingerprint density at radius 1 is 0.909 bits per heavy atom. The van der Waals surface area contributed by atoms with E-state index < -0.39 is 12.2 Å². The number of rotatable bonds is 0. The molecule has 0 aromatic rings. The minimum absolute atomic E-state index is 0.512. The summed E-state index contributed by atoms with van der Waals surface area (Å²) in [5.74, 6) is 0. The molecule has 0 bridgehead atoms. The van der Waals surface area contributed by atoms with E-state index >= 15 is 0 Å². The molecule has 0 N–H and O–H groups in total. The van der Waals surface area contributed by atoms with Crippen LogP contribution < -0.4 is 0 Å². The average Bonchev–Trinajstić information content (AvgIpc) is 2.84. The molecule has 2 heterocycles. The van der Waals surface area contributed by atoms with Gasteiger partial charge in [0, 0.05) is 26.2 Å². The first-order valence-corrected chi connectivity index (χ1v) is 3.53. The molecule has 5 heteroatoms. The average molecular weight is 156 g/mol. The molecule has 0 aromatic heterocycles. The Hall–Kier alpha value is -1.26. The van der Waals surface area contributed by atoms with E-state index in [1.165, 1.54) is 9.80 Å². The van der Waals surface area contributed by atoms with Gasteiger partial charge in [-0.1, -0.05) is 0 Å². The molecule has 5 nitrogen and oxygen atoms in total. The van der Waals surface area contributed by atoms with E-state index in [1.807, 2.05) is 0 Å². The molecule has 2 aliphatic rings. The molecule has 2 fully saturated rings. The summed E-state index contributed by atoms with van der Waals surface area (Å²) in [5.41, 5.74) is 0. The van der Waals surface area contributed by atoms with Crippen molar-refractivity contribution in [3.63, 3.8) is 0 Å². The second kappa shape index (κ2) is 2.11. The van der Waals surface area contributed by atoms with Crippen LogP contribution >= 0.6 is 0 Å². The fourth-order valence-electron chi connectivity index (χ4n) is 0.669. The van der Waals surface area contributed by atoms with Crippen LogP contribution in [0.25, 0.3) is 0 Å². The lowest BCUT2D eigenvalue weighted by molar-refractivity contribution is 0.131. The molecule has 0 saturated carbocycles. The number of hydrogen-bond donors (Lipinski definition) is 0. The molecule has 0 aromatic carbocycles. The van der Waals surface area contributed by atoms with E-state index in [4.69, 9.17) is 0 Å². The summed E-state index contributed by atoms with van der Waals surface area (Å²) < 4.78 is 4.47. The number of carbonyl (C=O) groups is 2. The second-order valence-electron chi connectivity index (χ2n) is 2.61. The van der Waals surface area contributed by atoms with Gasteiger partial charge in [0.2, 0.25) is 0 Å². The third-order valence-electron chi connectivity index (χ3n) is 1.59. The van der Waals surface area contributed by atoms with Crippen molar-refractivity contribution in [1.82, 2.24) is 9.80 Å². The second-order valence-corrected chi connectivity index (χ2v) is 2.61. The van der Waals surface area contributed by atoms with Crippen LogP contribution in [0.2, 0.25) is 0 Å². The zero-order chi connectivity index (χ0) is 7.84. The van der Waals surface area contributed by atoms with Crippen LogP contribution in [0.1, 0.15) is 0 Å². The highest BCUT2D eigenvalue weighted by molar-refractivity contribution is 5.85. The van der Waals surface area contributed by atoms with E-state index in [0.717, 1.165) is 0 Å². The monoisotopic (exact) mass is 156 g/mol. The van der Waals surface area contributed by atoms with Crippen LogP contribution in [-0.2, 0) is 4.74 Å². The number of amides is 2. The molecule has 11 heavy (non-hydrogen) atoms. The standard InChI is InChI=1S/C6H8N2O3/c9-5(7-1-2-7)11-6(10)8-3-4-8/h1-4H2. The highest BCUT2D eigenvalue weighted by Crippen LogP contribution is 2.10. The van der Waals surface area contributed by atoms with Gasteiger partial charge in [-0.05, 0) is 0 Å². The van der Waals surface area contributed by atoms with E-state index in [2.05, 4.69) is 4.74 Å². The minimum atomic E-state index is -0.512. The number of hydrogen-bond acceptors (Lipinski definition) is 3. The summed E-state index contributed by atoms with van der Waals surface area (Å²) in [5, 5.41) is 0. The molecule has 0 radical (unpaired) electrons. The summed E-state index contributed by atoms with van der Waals surface area (Å²) >= 11 is 0. The fourth-order valence-corrected chi connectivity index (χ4v) is 0.669. The molecule has 2 aliphatic heterocycles. The predicted octanol–water partition coefficient (Wildman–Crippen LogP) is -0.126. The Kier molecular flexibility index (Phi) is 1.24. The first-order valence-electron chi connectivity index (χ1n) is 3.53. The van der Waals surface area contributed by atoms with Gasteiger partial charge in [0.05, 0.1) is 0 Å². The Balaban J connectivity index is 1.78. The summed E-state index contributed by atoms with van der Waals surface area (Å²) in [6.45, 7) is 2.86. The SMILES string of the molecule is O=C(OC(=O)N1CC1)N1CC1. The smallest absolute Gasteiger partial charge is 0.359 e. The van der Waals surface area contributed by atoms with Gasteiger partial charge in [0.1, 0.15) is 0 Å². The largest absolute Gasteiger partial charge is 0.418 e. The molecule has 2 rings (SSSR count). The molecule has 60 valence electrons. The predicted molar refractivity (Wildman–Crippen MR) is 35.0 cm³/mol. The topological polar surface area (TPSA) is 49.4 Å². The van der Waals surface area contributed by atoms with Crippen molar-refractivity contribution in [3.8, 4) is 0 Å². The van der Waals surface area contributed by atoms with E-state index in [-0.39, 0.29) is 0 Å². The summed E-state index contributed by atoms with van der Waals surface area (Å²) in [6.07, 6.45) is -1.02. The number of ether oxygens (including phenoxy) is 1. The summed E-state index contributed by atoms with van der Waals surface area (Å²) in [7, 11) is 0. The van der Waals surface area contributed by atoms with Gasteiger partial charge in [-0.3, -0.25) is 0 Å². The van der Waals surface area contributed by atoms with Gasteiger partial charge in [-0.25, -0.2) is 9.59 Å². The Morgan fingerprint density at radius 2 is 1.27 bits per heavy atom. The molecule has 0 aliphatic carbocycles. The van der Waals surface area contributed by atoms with Crippen molar-refractivity contribution in [3.05, 3.63) is 0 Å². The van der Waals surface area contributed by atoms with Gasteiger partial charge >= 0.3 is 12.2 Å². The molecule has 0 spiro atoms. The van der Waals surface area contributed by atoms with Crippen molar-refractivity contribution in [2.75, 3.05) is 26.2 Å². The van der Waals surface area contributed by atoms with Crippen molar-refractivity contribution in [2.24, 2.45) is 0 Å². The number of nitrogens with zero attached hydrogens (tertiary/aromatic N) is 2. The van der Waals surface area contributed by atoms with Gasteiger partial charge < -0.3 is 14.5 Å². The molecule has 0 unspecified atom stereocenters. The normalized spacial score (nSPS) is 19.6. The van der Waals surface area contributed by atoms with Gasteiger partial charge in [0.25, 0.3) is 0 Å². The molecule has 2 saturated heterocycles. The summed E-state index contributed by atoms with van der Waals surface area (Å²) in [4.78, 5) is 24.5. The van der Waals surface area contributed by atoms with Crippen LogP contribution in [0.4, 0.5) is 9.59 Å². The highest BCUT2D eigenvalue weighted by Gasteiger charge is 2.32. The Bertz CT molecular complexity index is 186. The third-order valence-corrected chi connectivity index (χ3v) is 1.59. The highest BCUT2D eigenvalue weighted by atomic mass is 16.6. The maximum absolute atomic E-state index is 10.8. The first-order chi connectivity index (χ1) is 5.27. The number of carbonyl (C=O) groups excluding carboxylic acids is 2. The first kappa shape index (κ1) is 6.45. The molecule has 0 atom stereocenters. The van der Waals surface area contributed by atoms with E-state index in [0.29, 0.717) is 26.2 Å². The fraction of sp³-hybridized carbons (Fsp3) is 0.667. The lowest BCUT2D eigenvalue weighted by Gasteiger charge is -2.01. The van der Waals surface area contributed by atoms with Crippen LogP contribution in [0, 0.1) is 0 Å². The van der Waals surface area contributed by atoms with Crippen molar-refractivity contribution in [2.45, 2.75) is 0 Å².